The van der Waals surface area contributed by atoms with Crippen molar-refractivity contribution in [1.82, 2.24) is 25.0 Å². The Labute approximate surface area is 255 Å². The molecule has 1 amide bonds. The number of carbonyl (C=O) groups excluding carboxylic acids is 1. The Kier molecular flexibility index (Phi) is 8.52. The van der Waals surface area contributed by atoms with Crippen molar-refractivity contribution in [2.45, 2.75) is 49.7 Å². The van der Waals surface area contributed by atoms with Crippen LogP contribution in [-0.4, -0.2) is 70.8 Å². The molecule has 1 unspecified atom stereocenters. The molecular formula is C27H28ClN6O9P. The molecule has 0 spiro atoms. The summed E-state index contributed by atoms with van der Waals surface area (Å²) in [6, 6.07) is 14.8. The number of fused-ring (bicyclic) bond motifs is 3. The number of aliphatic hydroxyl groups excluding tert-OH is 1. The molecule has 0 aliphatic carbocycles. The Bertz CT molecular complexity index is 1690. The molecule has 2 saturated heterocycles. The van der Waals surface area contributed by atoms with Crippen molar-refractivity contribution in [1.29, 1.82) is 0 Å². The van der Waals surface area contributed by atoms with E-state index in [1.54, 1.807) is 6.92 Å². The molecular weight excluding hydrogens is 619 g/mol. The molecule has 2 aliphatic heterocycles. The zero-order valence-corrected chi connectivity index (χ0v) is 24.7. The van der Waals surface area contributed by atoms with Gasteiger partial charge in [0.2, 0.25) is 5.91 Å². The SMILES string of the molecule is C[C@H](NOCc1ccccc1)C(=O)Nc1ncnc2c1ncn2[C@@H]1O[C@]2(C(OP(=O)(O)O)c3ccc(Cl)cc3)CO[C@@H]1[C@H]2O. The Balaban J connectivity index is 1.21. The summed E-state index contributed by atoms with van der Waals surface area (Å²) in [5, 5.41) is 14.4. The predicted molar refractivity (Wildman–Crippen MR) is 154 cm³/mol. The van der Waals surface area contributed by atoms with Gasteiger partial charge >= 0.3 is 7.82 Å². The normalized spacial score (nSPS) is 24.4. The van der Waals surface area contributed by atoms with Gasteiger partial charge in [-0.3, -0.25) is 18.7 Å². The molecule has 5 N–H and O–H groups in total. The van der Waals surface area contributed by atoms with Gasteiger partial charge in [0, 0.05) is 5.02 Å². The molecule has 2 aromatic carbocycles. The Hall–Kier alpha value is -3.34. The molecule has 17 heteroatoms. The topological polar surface area (TPSA) is 199 Å². The van der Waals surface area contributed by atoms with Crippen LogP contribution in [0.3, 0.4) is 0 Å². The fraction of sp³-hybridized carbons (Fsp3) is 0.333. The second kappa shape index (κ2) is 12.2. The maximum absolute atomic E-state index is 12.9. The number of rotatable bonds is 11. The van der Waals surface area contributed by atoms with Crippen molar-refractivity contribution in [2.75, 3.05) is 11.9 Å². The van der Waals surface area contributed by atoms with E-state index in [1.807, 2.05) is 30.3 Å². The number of hydroxylamine groups is 1. The van der Waals surface area contributed by atoms with Crippen LogP contribution < -0.4 is 10.8 Å². The van der Waals surface area contributed by atoms with Crippen molar-refractivity contribution < 1.29 is 43.1 Å². The summed E-state index contributed by atoms with van der Waals surface area (Å²) in [5.41, 5.74) is 2.71. The van der Waals surface area contributed by atoms with E-state index in [1.165, 1.54) is 41.5 Å². The van der Waals surface area contributed by atoms with Gasteiger partial charge in [0.05, 0.1) is 19.5 Å². The van der Waals surface area contributed by atoms with Gasteiger partial charge in [-0.15, -0.1) is 0 Å². The van der Waals surface area contributed by atoms with Gasteiger partial charge in [-0.25, -0.2) is 19.5 Å². The zero-order chi connectivity index (χ0) is 31.1. The maximum atomic E-state index is 12.9. The first-order valence-electron chi connectivity index (χ1n) is 13.4. The molecule has 44 heavy (non-hydrogen) atoms. The van der Waals surface area contributed by atoms with E-state index in [-0.39, 0.29) is 30.2 Å². The molecule has 2 aromatic heterocycles. The number of imidazole rings is 1. The molecule has 6 rings (SSSR count). The minimum atomic E-state index is -5.06. The summed E-state index contributed by atoms with van der Waals surface area (Å²) in [6.45, 7) is 1.66. The van der Waals surface area contributed by atoms with Gasteiger partial charge in [0.1, 0.15) is 30.7 Å². The minimum absolute atomic E-state index is 0.124. The number of aliphatic hydroxyl groups is 1. The summed E-state index contributed by atoms with van der Waals surface area (Å²) in [7, 11) is -5.06. The fourth-order valence-corrected chi connectivity index (χ4v) is 5.96. The van der Waals surface area contributed by atoms with Crippen LogP contribution in [0.5, 0.6) is 0 Å². The highest BCUT2D eigenvalue weighted by Gasteiger charge is 2.66. The fourth-order valence-electron chi connectivity index (χ4n) is 5.26. The number of benzene rings is 2. The summed E-state index contributed by atoms with van der Waals surface area (Å²) in [6.07, 6.45) is -2.17. The summed E-state index contributed by atoms with van der Waals surface area (Å²) >= 11 is 6.01. The van der Waals surface area contributed by atoms with Crippen LogP contribution >= 0.6 is 19.4 Å². The lowest BCUT2D eigenvalue weighted by Gasteiger charge is -2.37. The summed E-state index contributed by atoms with van der Waals surface area (Å²) in [5.74, 6) is -0.319. The lowest BCUT2D eigenvalue weighted by Crippen LogP contribution is -2.47. The van der Waals surface area contributed by atoms with Crippen molar-refractivity contribution in [3.05, 3.63) is 83.4 Å². The van der Waals surface area contributed by atoms with E-state index in [0.29, 0.717) is 10.6 Å². The molecule has 6 atom stereocenters. The smallest absolute Gasteiger partial charge is 0.387 e. The maximum Gasteiger partial charge on any atom is 0.470 e. The number of ether oxygens (including phenoxy) is 2. The molecule has 2 fully saturated rings. The first kappa shape index (κ1) is 30.7. The van der Waals surface area contributed by atoms with Gasteiger partial charge in [-0.1, -0.05) is 54.1 Å². The summed E-state index contributed by atoms with van der Waals surface area (Å²) < 4.78 is 30.8. The quantitative estimate of drug-likeness (QED) is 0.118. The van der Waals surface area contributed by atoms with Crippen LogP contribution in [0.4, 0.5) is 5.82 Å². The molecule has 2 bridgehead atoms. The van der Waals surface area contributed by atoms with Gasteiger partial charge in [0.15, 0.2) is 28.8 Å². The van der Waals surface area contributed by atoms with Crippen LogP contribution in [-0.2, 0) is 34.8 Å². The Morgan fingerprint density at radius 2 is 1.93 bits per heavy atom. The largest absolute Gasteiger partial charge is 0.470 e. The number of phosphoric ester groups is 1. The van der Waals surface area contributed by atoms with Crippen LogP contribution in [0.2, 0.25) is 5.02 Å². The standard InChI is InChI=1S/C27H28ClN6O9P/c1-15(33-41-11-16-5-3-2-4-6-16)25(36)32-23-19-24(30-13-29-23)34(14-31-19)26-20-21(35)27(42-26,12-40-20)22(43-44(37,38)39)17-7-9-18(28)10-8-17/h2-10,13-15,20-22,26,33,35H,11-12H2,1H3,(H2,37,38,39)(H,29,30,32,36)/t15-,20+,21+,22?,26+,27+/m0/s1. The Morgan fingerprint density at radius 1 is 1.18 bits per heavy atom. The van der Waals surface area contributed by atoms with E-state index >= 15 is 0 Å². The average Bonchev–Trinajstić information content (AvgIpc) is 3.66. The summed E-state index contributed by atoms with van der Waals surface area (Å²) in [4.78, 5) is 50.6. The van der Waals surface area contributed by atoms with Crippen molar-refractivity contribution in [3.8, 4) is 0 Å². The Morgan fingerprint density at radius 3 is 2.66 bits per heavy atom. The number of nitrogens with zero attached hydrogens (tertiary/aromatic N) is 4. The van der Waals surface area contributed by atoms with Crippen LogP contribution in [0.1, 0.15) is 30.4 Å². The highest BCUT2D eigenvalue weighted by atomic mass is 35.5. The van der Waals surface area contributed by atoms with E-state index in [4.69, 9.17) is 30.4 Å². The van der Waals surface area contributed by atoms with E-state index in [9.17, 15) is 24.3 Å². The van der Waals surface area contributed by atoms with E-state index in [2.05, 4.69) is 25.7 Å². The number of carbonyl (C=O) groups is 1. The number of nitrogens with one attached hydrogen (secondary N) is 2. The number of aromatic nitrogens is 4. The van der Waals surface area contributed by atoms with Crippen molar-refractivity contribution in [2.24, 2.45) is 0 Å². The number of hydrogen-bond donors (Lipinski definition) is 5. The van der Waals surface area contributed by atoms with E-state index in [0.717, 1.165) is 5.56 Å². The van der Waals surface area contributed by atoms with Crippen molar-refractivity contribution in [3.63, 3.8) is 0 Å². The van der Waals surface area contributed by atoms with Crippen LogP contribution in [0.15, 0.2) is 67.3 Å². The molecule has 2 aliphatic rings. The van der Waals surface area contributed by atoms with Crippen molar-refractivity contribution >= 4 is 42.3 Å². The van der Waals surface area contributed by atoms with Gasteiger partial charge in [-0.2, -0.15) is 5.48 Å². The highest BCUT2D eigenvalue weighted by molar-refractivity contribution is 7.46. The van der Waals surface area contributed by atoms with Gasteiger partial charge in [-0.05, 0) is 30.2 Å². The van der Waals surface area contributed by atoms with Gasteiger partial charge in [0.25, 0.3) is 0 Å². The zero-order valence-electron chi connectivity index (χ0n) is 23.1. The second-order valence-corrected chi connectivity index (χ2v) is 12.0. The molecule has 4 heterocycles. The molecule has 232 valence electrons. The number of hydrogen-bond acceptors (Lipinski definition) is 11. The third-order valence-corrected chi connectivity index (χ3v) is 8.14. The van der Waals surface area contributed by atoms with E-state index < -0.39 is 49.9 Å². The average molecular weight is 647 g/mol. The lowest BCUT2D eigenvalue weighted by molar-refractivity contribution is -0.207. The number of amides is 1. The minimum Gasteiger partial charge on any atom is -0.387 e. The lowest BCUT2D eigenvalue weighted by atomic mass is 9.88. The van der Waals surface area contributed by atoms with Crippen LogP contribution in [0.25, 0.3) is 11.2 Å². The number of halogens is 1. The first-order valence-corrected chi connectivity index (χ1v) is 15.3. The first-order chi connectivity index (χ1) is 21.1. The molecule has 15 nitrogen and oxygen atoms in total. The van der Waals surface area contributed by atoms with Gasteiger partial charge < -0.3 is 29.7 Å². The molecule has 0 saturated carbocycles. The monoisotopic (exact) mass is 646 g/mol. The highest BCUT2D eigenvalue weighted by Crippen LogP contribution is 2.56. The number of phosphoric acid groups is 1. The second-order valence-electron chi connectivity index (χ2n) is 10.4. The third-order valence-electron chi connectivity index (χ3n) is 7.40. The van der Waals surface area contributed by atoms with Crippen LogP contribution in [0, 0.1) is 0 Å². The molecule has 0 radical (unpaired) electrons. The third kappa shape index (κ3) is 5.99. The molecule has 4 aromatic rings. The predicted octanol–water partition coefficient (Wildman–Crippen LogP) is 2.41. The number of anilines is 1.